The van der Waals surface area contributed by atoms with Crippen LogP contribution in [-0.4, -0.2) is 22.6 Å². The van der Waals surface area contributed by atoms with Gasteiger partial charge in [0.25, 0.3) is 0 Å². The lowest BCUT2D eigenvalue weighted by Crippen LogP contribution is -1.94. The van der Waals surface area contributed by atoms with Gasteiger partial charge in [-0.05, 0) is 80.7 Å². The zero-order valence-electron chi connectivity index (χ0n) is 13.6. The number of rotatable bonds is 5. The molecule has 128 valence electrons. The smallest absolute Gasteiger partial charge is 0.245 e. The van der Waals surface area contributed by atoms with Crippen LogP contribution in [0.15, 0.2) is 42.5 Å². The van der Waals surface area contributed by atoms with Crippen LogP contribution in [0.25, 0.3) is 27.6 Å². The standard InChI is InChI=1S/C20H17ClO4/c1-25-19-9-17-14(4-5-20(21)24)7-13-3-2-12(10-22)6-16(13)18(17)8-15(19)11-23/h2-9,22-23H,10-11H2,1H3/b5-4+. The molecule has 3 rings (SSSR count). The largest absolute Gasteiger partial charge is 0.496 e. The lowest BCUT2D eigenvalue weighted by molar-refractivity contribution is -0.107. The first-order valence-electron chi connectivity index (χ1n) is 7.73. The minimum absolute atomic E-state index is 0.0527. The molecule has 0 aliphatic heterocycles. The Labute approximate surface area is 149 Å². The summed E-state index contributed by atoms with van der Waals surface area (Å²) in [5.74, 6) is 0.569. The number of hydrogen-bond donors (Lipinski definition) is 2. The number of halogens is 1. The molecule has 0 atom stereocenters. The van der Waals surface area contributed by atoms with E-state index in [0.29, 0.717) is 11.3 Å². The van der Waals surface area contributed by atoms with Crippen LogP contribution >= 0.6 is 11.6 Å². The third-order valence-corrected chi connectivity index (χ3v) is 4.32. The second-order valence-electron chi connectivity index (χ2n) is 5.68. The van der Waals surface area contributed by atoms with Gasteiger partial charge in [-0.25, -0.2) is 0 Å². The number of aliphatic hydroxyl groups excluding tert-OH is 2. The number of carbonyl (C=O) groups excluding carboxylic acids is 1. The van der Waals surface area contributed by atoms with E-state index in [9.17, 15) is 15.0 Å². The van der Waals surface area contributed by atoms with E-state index in [-0.39, 0.29) is 13.2 Å². The number of fused-ring (bicyclic) bond motifs is 3. The van der Waals surface area contributed by atoms with Gasteiger partial charge in [0, 0.05) is 5.56 Å². The number of benzene rings is 3. The summed E-state index contributed by atoms with van der Waals surface area (Å²) in [6.07, 6.45) is 2.96. The predicted molar refractivity (Wildman–Crippen MR) is 99.7 cm³/mol. The highest BCUT2D eigenvalue weighted by atomic mass is 35.5. The first-order valence-corrected chi connectivity index (χ1v) is 8.10. The van der Waals surface area contributed by atoms with Crippen LogP contribution in [0.5, 0.6) is 5.75 Å². The summed E-state index contributed by atoms with van der Waals surface area (Å²) in [6, 6.07) is 11.4. The molecule has 0 heterocycles. The van der Waals surface area contributed by atoms with Crippen molar-refractivity contribution in [3.8, 4) is 5.75 Å². The third-order valence-electron chi connectivity index (χ3n) is 4.20. The van der Waals surface area contributed by atoms with Crippen molar-refractivity contribution < 1.29 is 19.7 Å². The number of carbonyl (C=O) groups is 1. The molecule has 0 radical (unpaired) electrons. The van der Waals surface area contributed by atoms with Gasteiger partial charge in [0.1, 0.15) is 5.75 Å². The van der Waals surface area contributed by atoms with Gasteiger partial charge >= 0.3 is 0 Å². The van der Waals surface area contributed by atoms with E-state index in [1.54, 1.807) is 13.2 Å². The van der Waals surface area contributed by atoms with Crippen molar-refractivity contribution in [1.29, 1.82) is 0 Å². The fraction of sp³-hybridized carbons (Fsp3) is 0.150. The molecule has 0 saturated carbocycles. The third kappa shape index (κ3) is 3.37. The molecule has 0 fully saturated rings. The van der Waals surface area contributed by atoms with Gasteiger partial charge in [-0.3, -0.25) is 4.79 Å². The van der Waals surface area contributed by atoms with Crippen LogP contribution in [0.4, 0.5) is 0 Å². The van der Waals surface area contributed by atoms with E-state index >= 15 is 0 Å². The second-order valence-corrected chi connectivity index (χ2v) is 6.06. The van der Waals surface area contributed by atoms with Crippen molar-refractivity contribution >= 4 is 44.5 Å². The van der Waals surface area contributed by atoms with E-state index in [4.69, 9.17) is 16.3 Å². The SMILES string of the molecule is COc1cc2c(/C=C/C(=O)Cl)cc3ccc(CO)cc3c2cc1CO. The number of hydrogen-bond acceptors (Lipinski definition) is 4. The number of aliphatic hydroxyl groups is 2. The maximum absolute atomic E-state index is 11.1. The summed E-state index contributed by atoms with van der Waals surface area (Å²) in [4.78, 5) is 11.1. The molecule has 5 heteroatoms. The van der Waals surface area contributed by atoms with E-state index < -0.39 is 5.24 Å². The molecule has 0 aliphatic rings. The second kappa shape index (κ2) is 7.23. The molecule has 2 N–H and O–H groups in total. The van der Waals surface area contributed by atoms with Gasteiger partial charge in [0.2, 0.25) is 5.24 Å². The molecule has 0 aliphatic carbocycles. The Morgan fingerprint density at radius 2 is 1.88 bits per heavy atom. The van der Waals surface area contributed by atoms with Gasteiger partial charge in [-0.2, -0.15) is 0 Å². The van der Waals surface area contributed by atoms with Crippen LogP contribution < -0.4 is 4.74 Å². The van der Waals surface area contributed by atoms with Gasteiger partial charge in [-0.1, -0.05) is 12.1 Å². The van der Waals surface area contributed by atoms with Crippen molar-refractivity contribution in [1.82, 2.24) is 0 Å². The number of allylic oxidation sites excluding steroid dienone is 1. The summed E-state index contributed by atoms with van der Waals surface area (Å²) < 4.78 is 5.36. The fourth-order valence-corrected chi connectivity index (χ4v) is 3.06. The van der Waals surface area contributed by atoms with Crippen molar-refractivity contribution in [2.45, 2.75) is 13.2 Å². The highest BCUT2D eigenvalue weighted by molar-refractivity contribution is 6.66. The molecule has 0 unspecified atom stereocenters. The van der Waals surface area contributed by atoms with Crippen molar-refractivity contribution in [3.05, 3.63) is 59.2 Å². The Morgan fingerprint density at radius 3 is 2.52 bits per heavy atom. The molecule has 0 bridgehead atoms. The lowest BCUT2D eigenvalue weighted by Gasteiger charge is -2.13. The minimum Gasteiger partial charge on any atom is -0.496 e. The highest BCUT2D eigenvalue weighted by Crippen LogP contribution is 2.35. The lowest BCUT2D eigenvalue weighted by atomic mass is 9.94. The van der Waals surface area contributed by atoms with E-state index in [1.165, 1.54) is 6.08 Å². The van der Waals surface area contributed by atoms with Gasteiger partial charge in [0.05, 0.1) is 20.3 Å². The Hall–Kier alpha value is -2.40. The first kappa shape index (κ1) is 17.4. The van der Waals surface area contributed by atoms with Crippen molar-refractivity contribution in [3.63, 3.8) is 0 Å². The molecular weight excluding hydrogens is 340 g/mol. The highest BCUT2D eigenvalue weighted by Gasteiger charge is 2.11. The van der Waals surface area contributed by atoms with E-state index in [0.717, 1.165) is 32.7 Å². The molecule has 0 spiro atoms. The quantitative estimate of drug-likeness (QED) is 0.415. The minimum atomic E-state index is -0.553. The summed E-state index contributed by atoms with van der Waals surface area (Å²) in [6.45, 7) is -0.205. The summed E-state index contributed by atoms with van der Waals surface area (Å²) >= 11 is 5.43. The molecule has 0 amide bonds. The first-order chi connectivity index (χ1) is 12.1. The maximum atomic E-state index is 11.1. The molecule has 3 aromatic carbocycles. The predicted octanol–water partition coefficient (Wildman–Crippen LogP) is 3.76. The van der Waals surface area contributed by atoms with E-state index in [2.05, 4.69) is 0 Å². The molecular formula is C20H17ClO4. The van der Waals surface area contributed by atoms with Crippen LogP contribution in [0.2, 0.25) is 0 Å². The summed E-state index contributed by atoms with van der Waals surface area (Å²) in [5, 5.41) is 22.2. The average molecular weight is 357 g/mol. The van der Waals surface area contributed by atoms with Crippen LogP contribution in [-0.2, 0) is 18.0 Å². The molecule has 4 nitrogen and oxygen atoms in total. The van der Waals surface area contributed by atoms with Gasteiger partial charge in [-0.15, -0.1) is 0 Å². The van der Waals surface area contributed by atoms with E-state index in [1.807, 2.05) is 36.4 Å². The van der Waals surface area contributed by atoms with Gasteiger partial charge < -0.3 is 14.9 Å². The topological polar surface area (TPSA) is 66.8 Å². The Kier molecular flexibility index (Phi) is 5.04. The van der Waals surface area contributed by atoms with Crippen molar-refractivity contribution in [2.75, 3.05) is 7.11 Å². The van der Waals surface area contributed by atoms with Crippen LogP contribution in [0.3, 0.4) is 0 Å². The van der Waals surface area contributed by atoms with Gasteiger partial charge in [0.15, 0.2) is 0 Å². The number of methoxy groups -OCH3 is 1. The fourth-order valence-electron chi connectivity index (χ4n) is 3.00. The van der Waals surface area contributed by atoms with Crippen LogP contribution in [0.1, 0.15) is 16.7 Å². The van der Waals surface area contributed by atoms with Crippen LogP contribution in [0, 0.1) is 0 Å². The zero-order chi connectivity index (χ0) is 18.0. The molecule has 25 heavy (non-hydrogen) atoms. The Morgan fingerprint density at radius 1 is 1.08 bits per heavy atom. The summed E-state index contributed by atoms with van der Waals surface area (Å²) in [7, 11) is 1.54. The Bertz CT molecular complexity index is 992. The average Bonchev–Trinajstić information content (AvgIpc) is 2.64. The molecule has 0 aromatic heterocycles. The molecule has 0 saturated heterocycles. The zero-order valence-corrected chi connectivity index (χ0v) is 14.4. The molecule has 3 aromatic rings. The number of ether oxygens (including phenoxy) is 1. The maximum Gasteiger partial charge on any atom is 0.245 e. The Balaban J connectivity index is 2.43. The normalized spacial score (nSPS) is 11.5. The monoisotopic (exact) mass is 356 g/mol. The summed E-state index contributed by atoms with van der Waals surface area (Å²) in [5.41, 5.74) is 2.28. The van der Waals surface area contributed by atoms with Crippen molar-refractivity contribution in [2.24, 2.45) is 0 Å².